The van der Waals surface area contributed by atoms with Crippen LogP contribution in [0.4, 0.5) is 0 Å². The minimum atomic E-state index is -0.496. The van der Waals surface area contributed by atoms with E-state index in [1.807, 2.05) is 18.2 Å². The Bertz CT molecular complexity index is 547. The SMILES string of the molecule is COCCN(C)Cc1ccc(OC)cc1OCC(O)CN1CCCCCCC1. The number of hydrogen-bond donors (Lipinski definition) is 1. The molecule has 1 aromatic rings. The molecule has 1 aromatic carbocycles. The lowest BCUT2D eigenvalue weighted by atomic mass is 10.1. The molecule has 0 saturated carbocycles. The summed E-state index contributed by atoms with van der Waals surface area (Å²) in [6.07, 6.45) is 5.89. The summed E-state index contributed by atoms with van der Waals surface area (Å²) in [6.45, 7) is 5.41. The zero-order chi connectivity index (χ0) is 20.2. The lowest BCUT2D eigenvalue weighted by Gasteiger charge is -2.27. The largest absolute Gasteiger partial charge is 0.497 e. The third-order valence-corrected chi connectivity index (χ3v) is 5.24. The average Bonchev–Trinajstić information content (AvgIpc) is 2.67. The van der Waals surface area contributed by atoms with Gasteiger partial charge in [0, 0.05) is 38.4 Å². The van der Waals surface area contributed by atoms with E-state index in [4.69, 9.17) is 14.2 Å². The van der Waals surface area contributed by atoms with E-state index in [2.05, 4.69) is 16.8 Å². The third kappa shape index (κ3) is 8.35. The van der Waals surface area contributed by atoms with Crippen LogP contribution in [-0.4, -0.2) is 81.7 Å². The second-order valence-electron chi connectivity index (χ2n) is 7.74. The topological polar surface area (TPSA) is 54.4 Å². The number of benzene rings is 1. The maximum Gasteiger partial charge on any atom is 0.127 e. The van der Waals surface area contributed by atoms with Gasteiger partial charge in [-0.3, -0.25) is 4.90 Å². The van der Waals surface area contributed by atoms with E-state index in [0.29, 0.717) is 19.8 Å². The Labute approximate surface area is 170 Å². The summed E-state index contributed by atoms with van der Waals surface area (Å²) in [5, 5.41) is 10.5. The first-order valence-corrected chi connectivity index (χ1v) is 10.5. The fourth-order valence-electron chi connectivity index (χ4n) is 3.58. The van der Waals surface area contributed by atoms with Crippen LogP contribution in [0.5, 0.6) is 11.5 Å². The van der Waals surface area contributed by atoms with Gasteiger partial charge in [0.05, 0.1) is 13.7 Å². The molecule has 1 atom stereocenters. The van der Waals surface area contributed by atoms with Crippen molar-refractivity contribution in [3.8, 4) is 11.5 Å². The van der Waals surface area contributed by atoms with Gasteiger partial charge in [0.1, 0.15) is 24.2 Å². The normalized spacial score (nSPS) is 17.2. The number of likely N-dealkylation sites (N-methyl/N-ethyl adjacent to an activating group) is 1. The first-order valence-electron chi connectivity index (χ1n) is 10.5. The number of ether oxygens (including phenoxy) is 3. The number of likely N-dealkylation sites (tertiary alicyclic amines) is 1. The lowest BCUT2D eigenvalue weighted by Crippen LogP contribution is -2.37. The molecule has 1 aliphatic heterocycles. The zero-order valence-electron chi connectivity index (χ0n) is 17.9. The van der Waals surface area contributed by atoms with Gasteiger partial charge >= 0.3 is 0 Å². The summed E-state index contributed by atoms with van der Waals surface area (Å²) < 4.78 is 16.5. The fraction of sp³-hybridized carbons (Fsp3) is 0.727. The number of aliphatic hydroxyl groups is 1. The lowest BCUT2D eigenvalue weighted by molar-refractivity contribution is 0.0647. The molecular formula is C22H38N2O4. The predicted octanol–water partition coefficient (Wildman–Crippen LogP) is 2.78. The molecular weight excluding hydrogens is 356 g/mol. The van der Waals surface area contributed by atoms with Crippen LogP contribution < -0.4 is 9.47 Å². The number of methoxy groups -OCH3 is 2. The van der Waals surface area contributed by atoms with Gasteiger partial charge in [0.2, 0.25) is 0 Å². The van der Waals surface area contributed by atoms with Gasteiger partial charge < -0.3 is 24.2 Å². The molecule has 0 bridgehead atoms. The second kappa shape index (κ2) is 13.0. The monoisotopic (exact) mass is 394 g/mol. The Morgan fingerprint density at radius 2 is 1.82 bits per heavy atom. The van der Waals surface area contributed by atoms with Crippen LogP contribution in [0.2, 0.25) is 0 Å². The molecule has 6 nitrogen and oxygen atoms in total. The highest BCUT2D eigenvalue weighted by Crippen LogP contribution is 2.26. The van der Waals surface area contributed by atoms with Crippen LogP contribution in [-0.2, 0) is 11.3 Å². The van der Waals surface area contributed by atoms with E-state index in [1.54, 1.807) is 14.2 Å². The Morgan fingerprint density at radius 1 is 1.11 bits per heavy atom. The van der Waals surface area contributed by atoms with Crippen molar-refractivity contribution in [2.24, 2.45) is 0 Å². The Balaban J connectivity index is 1.91. The van der Waals surface area contributed by atoms with Gasteiger partial charge in [-0.25, -0.2) is 0 Å². The Morgan fingerprint density at radius 3 is 2.50 bits per heavy atom. The summed E-state index contributed by atoms with van der Waals surface area (Å²) in [4.78, 5) is 4.56. The van der Waals surface area contributed by atoms with Gasteiger partial charge in [0.25, 0.3) is 0 Å². The maximum atomic E-state index is 10.5. The molecule has 6 heteroatoms. The highest BCUT2D eigenvalue weighted by molar-refractivity contribution is 5.40. The highest BCUT2D eigenvalue weighted by atomic mass is 16.5. The standard InChI is InChI=1S/C22H38N2O4/c1-23(13-14-26-2)16-19-9-10-21(27-3)15-22(19)28-18-20(25)17-24-11-7-5-4-6-8-12-24/h9-10,15,20,25H,4-8,11-14,16-18H2,1-3H3. The Kier molecular flexibility index (Phi) is 10.6. The van der Waals surface area contributed by atoms with Crippen LogP contribution in [0.1, 0.15) is 37.7 Å². The average molecular weight is 395 g/mol. The highest BCUT2D eigenvalue weighted by Gasteiger charge is 2.15. The number of rotatable bonds is 11. The van der Waals surface area contributed by atoms with Crippen molar-refractivity contribution in [1.82, 2.24) is 9.80 Å². The summed E-state index contributed by atoms with van der Waals surface area (Å²) >= 11 is 0. The van der Waals surface area contributed by atoms with Crippen molar-refractivity contribution in [2.45, 2.75) is 44.8 Å². The van der Waals surface area contributed by atoms with E-state index >= 15 is 0 Å². The molecule has 1 saturated heterocycles. The van der Waals surface area contributed by atoms with Crippen molar-refractivity contribution >= 4 is 0 Å². The van der Waals surface area contributed by atoms with E-state index in [0.717, 1.165) is 43.2 Å². The van der Waals surface area contributed by atoms with E-state index in [-0.39, 0.29) is 0 Å². The molecule has 0 aliphatic carbocycles. The van der Waals surface area contributed by atoms with Crippen molar-refractivity contribution < 1.29 is 19.3 Å². The van der Waals surface area contributed by atoms with Crippen LogP contribution in [0.25, 0.3) is 0 Å². The summed E-state index contributed by atoms with van der Waals surface area (Å²) in [5.41, 5.74) is 1.08. The van der Waals surface area contributed by atoms with E-state index in [1.165, 1.54) is 32.1 Å². The van der Waals surface area contributed by atoms with Crippen LogP contribution in [0, 0.1) is 0 Å². The molecule has 2 rings (SSSR count). The van der Waals surface area contributed by atoms with Crippen LogP contribution >= 0.6 is 0 Å². The summed E-state index contributed by atoms with van der Waals surface area (Å²) in [7, 11) is 5.42. The molecule has 1 N–H and O–H groups in total. The third-order valence-electron chi connectivity index (χ3n) is 5.24. The molecule has 160 valence electrons. The maximum absolute atomic E-state index is 10.5. The first kappa shape index (κ1) is 22.9. The minimum absolute atomic E-state index is 0.290. The van der Waals surface area contributed by atoms with Gasteiger partial charge in [-0.2, -0.15) is 0 Å². The van der Waals surface area contributed by atoms with Crippen LogP contribution in [0.15, 0.2) is 18.2 Å². The van der Waals surface area contributed by atoms with Crippen molar-refractivity contribution in [1.29, 1.82) is 0 Å². The van der Waals surface area contributed by atoms with Crippen molar-refractivity contribution in [3.05, 3.63) is 23.8 Å². The molecule has 0 radical (unpaired) electrons. The smallest absolute Gasteiger partial charge is 0.127 e. The Hall–Kier alpha value is -1.34. The summed E-state index contributed by atoms with van der Waals surface area (Å²) in [5.74, 6) is 1.53. The molecule has 0 aromatic heterocycles. The van der Waals surface area contributed by atoms with E-state index < -0.39 is 6.10 Å². The minimum Gasteiger partial charge on any atom is -0.497 e. The summed E-state index contributed by atoms with van der Waals surface area (Å²) in [6, 6.07) is 5.88. The molecule has 1 aliphatic rings. The number of aliphatic hydroxyl groups excluding tert-OH is 1. The molecule has 1 unspecified atom stereocenters. The van der Waals surface area contributed by atoms with Gasteiger partial charge in [-0.05, 0) is 39.0 Å². The van der Waals surface area contributed by atoms with Crippen molar-refractivity contribution in [2.75, 3.05) is 60.7 Å². The molecule has 0 amide bonds. The fourth-order valence-corrected chi connectivity index (χ4v) is 3.58. The number of β-amino-alcohol motifs (C(OH)–C–C–N with tert-alkyl or cyclic N) is 1. The quantitative estimate of drug-likeness (QED) is 0.623. The molecule has 1 heterocycles. The number of hydrogen-bond acceptors (Lipinski definition) is 6. The van der Waals surface area contributed by atoms with E-state index in [9.17, 15) is 5.11 Å². The van der Waals surface area contributed by atoms with Crippen molar-refractivity contribution in [3.63, 3.8) is 0 Å². The van der Waals surface area contributed by atoms with Crippen LogP contribution in [0.3, 0.4) is 0 Å². The van der Waals surface area contributed by atoms with Gasteiger partial charge in [-0.1, -0.05) is 25.3 Å². The first-order chi connectivity index (χ1) is 13.6. The molecule has 0 spiro atoms. The van der Waals surface area contributed by atoms with Gasteiger partial charge in [-0.15, -0.1) is 0 Å². The second-order valence-corrected chi connectivity index (χ2v) is 7.74. The molecule has 1 fully saturated rings. The molecule has 28 heavy (non-hydrogen) atoms. The van der Waals surface area contributed by atoms with Gasteiger partial charge in [0.15, 0.2) is 0 Å². The predicted molar refractivity (Wildman–Crippen MR) is 112 cm³/mol. The number of nitrogens with zero attached hydrogens (tertiary/aromatic N) is 2. The zero-order valence-corrected chi connectivity index (χ0v) is 17.9.